The predicted octanol–water partition coefficient (Wildman–Crippen LogP) is 3.75. The Hall–Kier alpha value is -2.89. The Morgan fingerprint density at radius 1 is 1.07 bits per heavy atom. The van der Waals surface area contributed by atoms with Gasteiger partial charge in [-0.2, -0.15) is 0 Å². The molecular weight excluding hydrogens is 358 g/mol. The largest absolute Gasteiger partial charge is 0.493 e. The monoisotopic (exact) mass is 385 g/mol. The third-order valence-electron chi connectivity index (χ3n) is 4.54. The smallest absolute Gasteiger partial charge is 0.258 e. The second-order valence-corrected chi connectivity index (χ2v) is 6.99. The van der Waals surface area contributed by atoms with Gasteiger partial charge < -0.3 is 24.3 Å². The van der Waals surface area contributed by atoms with Gasteiger partial charge in [-0.1, -0.05) is 32.0 Å². The van der Waals surface area contributed by atoms with Gasteiger partial charge in [-0.05, 0) is 35.7 Å². The zero-order chi connectivity index (χ0) is 19.9. The Morgan fingerprint density at radius 2 is 1.79 bits per heavy atom. The van der Waals surface area contributed by atoms with Gasteiger partial charge in [0.05, 0.1) is 26.4 Å². The normalized spacial score (nSPS) is 14.1. The zero-order valence-corrected chi connectivity index (χ0v) is 16.6. The van der Waals surface area contributed by atoms with E-state index in [9.17, 15) is 4.79 Å². The molecule has 1 heterocycles. The van der Waals surface area contributed by atoms with Gasteiger partial charge >= 0.3 is 0 Å². The fraction of sp³-hybridized carbons (Fsp3) is 0.409. The topological polar surface area (TPSA) is 66.0 Å². The van der Waals surface area contributed by atoms with Crippen molar-refractivity contribution in [3.8, 4) is 23.0 Å². The first kappa shape index (κ1) is 19.9. The van der Waals surface area contributed by atoms with Crippen LogP contribution < -0.4 is 24.3 Å². The minimum Gasteiger partial charge on any atom is -0.493 e. The number of nitrogens with one attached hydrogen (secondary N) is 1. The minimum atomic E-state index is -0.197. The van der Waals surface area contributed by atoms with Crippen LogP contribution in [-0.2, 0) is 4.79 Å². The Labute approximate surface area is 165 Å². The van der Waals surface area contributed by atoms with Crippen LogP contribution in [0.4, 0.5) is 0 Å². The number of hydrogen-bond donors (Lipinski definition) is 1. The third kappa shape index (κ3) is 4.88. The van der Waals surface area contributed by atoms with Crippen molar-refractivity contribution in [1.29, 1.82) is 0 Å². The number of amides is 1. The fourth-order valence-electron chi connectivity index (χ4n) is 3.10. The van der Waals surface area contributed by atoms with Gasteiger partial charge in [0.1, 0.15) is 0 Å². The number of ether oxygens (including phenoxy) is 4. The first-order chi connectivity index (χ1) is 13.6. The third-order valence-corrected chi connectivity index (χ3v) is 4.54. The molecule has 0 saturated heterocycles. The molecule has 0 bridgehead atoms. The zero-order valence-electron chi connectivity index (χ0n) is 16.6. The Morgan fingerprint density at radius 3 is 2.50 bits per heavy atom. The van der Waals surface area contributed by atoms with E-state index in [0.717, 1.165) is 23.5 Å². The molecule has 2 aromatic rings. The first-order valence-electron chi connectivity index (χ1n) is 9.53. The van der Waals surface area contributed by atoms with Crippen LogP contribution in [0.1, 0.15) is 31.9 Å². The van der Waals surface area contributed by atoms with Gasteiger partial charge in [-0.15, -0.1) is 0 Å². The molecule has 1 unspecified atom stereocenters. The lowest BCUT2D eigenvalue weighted by atomic mass is 9.95. The molecule has 1 aliphatic rings. The summed E-state index contributed by atoms with van der Waals surface area (Å²) in [7, 11) is 1.57. The summed E-state index contributed by atoms with van der Waals surface area (Å²) in [6.07, 6.45) is 0.856. The lowest BCUT2D eigenvalue weighted by Gasteiger charge is -2.24. The van der Waals surface area contributed by atoms with Crippen molar-refractivity contribution in [2.75, 3.05) is 26.9 Å². The molecule has 0 radical (unpaired) electrons. The molecule has 0 spiro atoms. The summed E-state index contributed by atoms with van der Waals surface area (Å²) in [6, 6.07) is 12.9. The van der Waals surface area contributed by atoms with Gasteiger partial charge in [0, 0.05) is 6.42 Å². The Balaban J connectivity index is 1.67. The van der Waals surface area contributed by atoms with E-state index in [-0.39, 0.29) is 24.5 Å². The van der Waals surface area contributed by atoms with Gasteiger partial charge in [0.2, 0.25) is 0 Å². The maximum Gasteiger partial charge on any atom is 0.258 e. The van der Waals surface area contributed by atoms with Crippen molar-refractivity contribution < 1.29 is 23.7 Å². The molecule has 1 aliphatic heterocycles. The number of carbonyl (C=O) groups is 1. The highest BCUT2D eigenvalue weighted by molar-refractivity contribution is 5.78. The molecule has 150 valence electrons. The average molecular weight is 385 g/mol. The molecule has 6 heteroatoms. The number of rotatable bonds is 7. The van der Waals surface area contributed by atoms with Gasteiger partial charge in [0.25, 0.3) is 5.91 Å². The van der Waals surface area contributed by atoms with Crippen LogP contribution in [0.15, 0.2) is 42.5 Å². The molecule has 28 heavy (non-hydrogen) atoms. The molecular formula is C22H27NO5. The van der Waals surface area contributed by atoms with Crippen molar-refractivity contribution >= 4 is 5.91 Å². The molecule has 0 saturated carbocycles. The van der Waals surface area contributed by atoms with Crippen molar-refractivity contribution in [2.45, 2.75) is 26.3 Å². The quantitative estimate of drug-likeness (QED) is 0.786. The minimum absolute atomic E-state index is 0.0891. The lowest BCUT2D eigenvalue weighted by molar-refractivity contribution is -0.124. The second kappa shape index (κ2) is 9.35. The van der Waals surface area contributed by atoms with E-state index in [1.807, 2.05) is 30.3 Å². The van der Waals surface area contributed by atoms with Crippen molar-refractivity contribution in [2.24, 2.45) is 5.92 Å². The van der Waals surface area contributed by atoms with Crippen molar-refractivity contribution in [3.05, 3.63) is 48.0 Å². The predicted molar refractivity (Wildman–Crippen MR) is 106 cm³/mol. The molecule has 2 aromatic carbocycles. The highest BCUT2D eigenvalue weighted by Gasteiger charge is 2.21. The summed E-state index contributed by atoms with van der Waals surface area (Å²) in [6.45, 7) is 5.32. The Kier molecular flexibility index (Phi) is 6.63. The number of fused-ring (bicyclic) bond motifs is 1. The molecule has 0 aliphatic carbocycles. The van der Waals surface area contributed by atoms with Crippen LogP contribution in [0.5, 0.6) is 23.0 Å². The first-order valence-corrected chi connectivity index (χ1v) is 9.53. The summed E-state index contributed by atoms with van der Waals surface area (Å²) < 4.78 is 22.3. The summed E-state index contributed by atoms with van der Waals surface area (Å²) in [5, 5.41) is 3.06. The van der Waals surface area contributed by atoms with Crippen LogP contribution in [0.2, 0.25) is 0 Å². The van der Waals surface area contributed by atoms with E-state index in [0.29, 0.717) is 24.7 Å². The number of hydrogen-bond acceptors (Lipinski definition) is 5. The molecule has 1 N–H and O–H groups in total. The lowest BCUT2D eigenvalue weighted by Crippen LogP contribution is -2.35. The van der Waals surface area contributed by atoms with E-state index in [2.05, 4.69) is 19.2 Å². The maximum atomic E-state index is 12.5. The summed E-state index contributed by atoms with van der Waals surface area (Å²) in [5.74, 6) is 2.60. The van der Waals surface area contributed by atoms with E-state index in [1.54, 1.807) is 19.2 Å². The van der Waals surface area contributed by atoms with Crippen LogP contribution in [0, 0.1) is 5.92 Å². The van der Waals surface area contributed by atoms with Crippen LogP contribution in [-0.4, -0.2) is 32.8 Å². The number of carbonyl (C=O) groups excluding carboxylic acids is 1. The standard InChI is InChI=1S/C22H27NO5/c1-15(2)22(16-9-10-19-20(13-16)27-12-6-11-26-19)23-21(24)14-28-18-8-5-4-7-17(18)25-3/h4-5,7-10,13,15,22H,6,11-12,14H2,1-3H3,(H,23,24). The van der Waals surface area contributed by atoms with Crippen molar-refractivity contribution in [1.82, 2.24) is 5.32 Å². The van der Waals surface area contributed by atoms with Crippen LogP contribution >= 0.6 is 0 Å². The van der Waals surface area contributed by atoms with Gasteiger partial charge in [-0.3, -0.25) is 4.79 Å². The summed E-state index contributed by atoms with van der Waals surface area (Å²) in [5.41, 5.74) is 0.977. The molecule has 0 fully saturated rings. The van der Waals surface area contributed by atoms with E-state index >= 15 is 0 Å². The molecule has 1 amide bonds. The Bertz CT molecular complexity index is 805. The summed E-state index contributed by atoms with van der Waals surface area (Å²) in [4.78, 5) is 12.5. The van der Waals surface area contributed by atoms with E-state index in [4.69, 9.17) is 18.9 Å². The van der Waals surface area contributed by atoms with E-state index in [1.165, 1.54) is 0 Å². The fourth-order valence-corrected chi connectivity index (χ4v) is 3.10. The second-order valence-electron chi connectivity index (χ2n) is 6.99. The number of methoxy groups -OCH3 is 1. The molecule has 3 rings (SSSR count). The molecule has 0 aromatic heterocycles. The van der Waals surface area contributed by atoms with Gasteiger partial charge in [0.15, 0.2) is 29.6 Å². The molecule has 1 atom stereocenters. The average Bonchev–Trinajstić information content (AvgIpc) is 2.95. The number of benzene rings is 2. The molecule has 6 nitrogen and oxygen atoms in total. The van der Waals surface area contributed by atoms with Gasteiger partial charge in [-0.25, -0.2) is 0 Å². The SMILES string of the molecule is COc1ccccc1OCC(=O)NC(c1ccc2c(c1)OCCCO2)C(C)C. The summed E-state index contributed by atoms with van der Waals surface area (Å²) >= 11 is 0. The highest BCUT2D eigenvalue weighted by atomic mass is 16.5. The van der Waals surface area contributed by atoms with Crippen molar-refractivity contribution in [3.63, 3.8) is 0 Å². The van der Waals surface area contributed by atoms with E-state index < -0.39 is 0 Å². The highest BCUT2D eigenvalue weighted by Crippen LogP contribution is 2.34. The van der Waals surface area contributed by atoms with Crippen LogP contribution in [0.25, 0.3) is 0 Å². The maximum absolute atomic E-state index is 12.5. The van der Waals surface area contributed by atoms with Crippen LogP contribution in [0.3, 0.4) is 0 Å². The number of para-hydroxylation sites is 2.